The maximum absolute atomic E-state index is 10.5. The molecule has 0 saturated heterocycles. The third kappa shape index (κ3) is 24.7. The van der Waals surface area contributed by atoms with Gasteiger partial charge in [-0.05, 0) is 6.42 Å². The van der Waals surface area contributed by atoms with E-state index >= 15 is 0 Å². The molecule has 0 atom stereocenters. The van der Waals surface area contributed by atoms with E-state index in [2.05, 4.69) is 6.92 Å². The molecule has 24 heavy (non-hydrogen) atoms. The Morgan fingerprint density at radius 1 is 0.625 bits per heavy atom. The van der Waals surface area contributed by atoms with Crippen molar-refractivity contribution in [3.05, 3.63) is 0 Å². The molecule has 0 spiro atoms. The number of carbonyl (C=O) groups is 1. The van der Waals surface area contributed by atoms with Crippen molar-refractivity contribution in [2.75, 3.05) is 19.8 Å². The molecule has 0 aliphatic rings. The van der Waals surface area contributed by atoms with E-state index in [-0.39, 0.29) is 35.5 Å². The van der Waals surface area contributed by atoms with Gasteiger partial charge in [0, 0.05) is 13.5 Å². The van der Waals surface area contributed by atoms with Gasteiger partial charge in [0.1, 0.15) is 6.61 Å². The van der Waals surface area contributed by atoms with Gasteiger partial charge in [0.2, 0.25) is 0 Å². The quantitative estimate of drug-likeness (QED) is 0.188. The number of unbranched alkanes of at least 4 members (excludes halogenated alkanes) is 13. The van der Waals surface area contributed by atoms with Gasteiger partial charge in [-0.3, -0.25) is 4.79 Å². The van der Waals surface area contributed by atoms with Gasteiger partial charge in [0.25, 0.3) is 0 Å². The van der Waals surface area contributed by atoms with Gasteiger partial charge in [-0.2, -0.15) is 0 Å². The first-order valence-corrected chi connectivity index (χ1v) is 9.98. The molecule has 3 nitrogen and oxygen atoms in total. The van der Waals surface area contributed by atoms with E-state index in [1.165, 1.54) is 90.4 Å². The van der Waals surface area contributed by atoms with Crippen molar-refractivity contribution in [3.8, 4) is 0 Å². The molecule has 0 aliphatic heterocycles. The Morgan fingerprint density at radius 2 is 1.04 bits per heavy atom. The van der Waals surface area contributed by atoms with E-state index in [1.54, 1.807) is 0 Å². The molecule has 0 N–H and O–H groups in total. The molecular formula is C20H41NaO3. The van der Waals surface area contributed by atoms with Crippen LogP contribution in [0.15, 0.2) is 0 Å². The monoisotopic (exact) mass is 352 g/mol. The third-order valence-corrected chi connectivity index (χ3v) is 4.18. The number of esters is 1. The molecular weight excluding hydrogens is 311 g/mol. The number of carbonyl (C=O) groups excluding carboxylic acids is 1. The zero-order valence-corrected chi connectivity index (χ0v) is 15.7. The van der Waals surface area contributed by atoms with Gasteiger partial charge in [0.15, 0.2) is 0 Å². The third-order valence-electron chi connectivity index (χ3n) is 4.18. The molecule has 0 aromatic rings. The fraction of sp³-hybridized carbons (Fsp3) is 0.950. The second-order valence-corrected chi connectivity index (χ2v) is 6.55. The first-order chi connectivity index (χ1) is 11.3. The first kappa shape index (κ1) is 26.7. The average Bonchev–Trinajstić information content (AvgIpc) is 2.53. The second-order valence-electron chi connectivity index (χ2n) is 6.55. The molecule has 0 bridgehead atoms. The van der Waals surface area contributed by atoms with E-state index in [0.29, 0.717) is 13.2 Å². The number of ether oxygens (including phenoxy) is 2. The Labute approximate surface area is 172 Å². The minimum atomic E-state index is -0.231. The number of hydrogen-bond acceptors (Lipinski definition) is 3. The Hall–Kier alpha value is 0.430. The van der Waals surface area contributed by atoms with Crippen LogP contribution < -0.4 is 0 Å². The van der Waals surface area contributed by atoms with Crippen LogP contribution in [0.2, 0.25) is 0 Å². The van der Waals surface area contributed by atoms with Crippen LogP contribution in [0.5, 0.6) is 0 Å². The Morgan fingerprint density at radius 3 is 1.46 bits per heavy atom. The Balaban J connectivity index is 0. The molecule has 0 aromatic carbocycles. The molecule has 0 saturated carbocycles. The van der Waals surface area contributed by atoms with Crippen LogP contribution in [0, 0.1) is 0 Å². The molecule has 0 rings (SSSR count). The normalized spacial score (nSPS) is 10.4. The van der Waals surface area contributed by atoms with Crippen molar-refractivity contribution in [3.63, 3.8) is 0 Å². The topological polar surface area (TPSA) is 35.5 Å². The summed E-state index contributed by atoms with van der Waals surface area (Å²) in [4.78, 5) is 10.5. The molecule has 0 fully saturated rings. The van der Waals surface area contributed by atoms with E-state index < -0.39 is 0 Å². The van der Waals surface area contributed by atoms with Crippen molar-refractivity contribution < 1.29 is 14.3 Å². The van der Waals surface area contributed by atoms with Crippen LogP contribution in [-0.4, -0.2) is 55.3 Å². The van der Waals surface area contributed by atoms with Crippen LogP contribution in [0.3, 0.4) is 0 Å². The summed E-state index contributed by atoms with van der Waals surface area (Å²) in [6, 6.07) is 0. The molecule has 0 amide bonds. The zero-order valence-electron chi connectivity index (χ0n) is 15.7. The van der Waals surface area contributed by atoms with Crippen LogP contribution >= 0.6 is 0 Å². The molecule has 0 aliphatic carbocycles. The van der Waals surface area contributed by atoms with Gasteiger partial charge in [-0.25, -0.2) is 0 Å². The summed E-state index contributed by atoms with van der Waals surface area (Å²) >= 11 is 0. The minimum absolute atomic E-state index is 0. The van der Waals surface area contributed by atoms with Gasteiger partial charge in [-0.1, -0.05) is 90.4 Å². The molecule has 0 radical (unpaired) electrons. The first-order valence-electron chi connectivity index (χ1n) is 9.98. The van der Waals surface area contributed by atoms with E-state index in [9.17, 15) is 4.79 Å². The number of hydrogen-bond donors (Lipinski definition) is 0. The van der Waals surface area contributed by atoms with Gasteiger partial charge in [0.05, 0.1) is 6.61 Å². The van der Waals surface area contributed by atoms with E-state index in [0.717, 1.165) is 13.0 Å². The maximum atomic E-state index is 10.5. The molecule has 0 unspecified atom stereocenters. The molecule has 140 valence electrons. The van der Waals surface area contributed by atoms with Crippen molar-refractivity contribution in [2.45, 2.75) is 104 Å². The summed E-state index contributed by atoms with van der Waals surface area (Å²) in [7, 11) is 0. The Bertz CT molecular complexity index is 247. The summed E-state index contributed by atoms with van der Waals surface area (Å²) in [6.07, 6.45) is 19.2. The van der Waals surface area contributed by atoms with Crippen LogP contribution in [0.1, 0.15) is 104 Å². The number of rotatable bonds is 18. The van der Waals surface area contributed by atoms with Crippen molar-refractivity contribution in [1.29, 1.82) is 0 Å². The van der Waals surface area contributed by atoms with Gasteiger partial charge in [-0.15, -0.1) is 0 Å². The molecule has 0 heterocycles. The van der Waals surface area contributed by atoms with Crippen molar-refractivity contribution >= 4 is 35.5 Å². The van der Waals surface area contributed by atoms with Crippen LogP contribution in [-0.2, 0) is 14.3 Å². The summed E-state index contributed by atoms with van der Waals surface area (Å²) < 4.78 is 10.2. The fourth-order valence-electron chi connectivity index (χ4n) is 2.75. The van der Waals surface area contributed by atoms with E-state index in [4.69, 9.17) is 9.47 Å². The zero-order chi connectivity index (χ0) is 17.0. The van der Waals surface area contributed by atoms with E-state index in [1.807, 2.05) is 0 Å². The second kappa shape index (κ2) is 23.4. The summed E-state index contributed by atoms with van der Waals surface area (Å²) in [5.41, 5.74) is 0. The predicted octanol–water partition coefficient (Wildman–Crippen LogP) is 5.40. The van der Waals surface area contributed by atoms with Crippen LogP contribution in [0.25, 0.3) is 0 Å². The van der Waals surface area contributed by atoms with Gasteiger partial charge >= 0.3 is 35.5 Å². The SMILES string of the molecule is CCCCCCCCCCCCCCCCOCCOC(C)=O.[NaH]. The van der Waals surface area contributed by atoms with Gasteiger partial charge < -0.3 is 9.47 Å². The average molecular weight is 353 g/mol. The van der Waals surface area contributed by atoms with Crippen molar-refractivity contribution in [2.24, 2.45) is 0 Å². The summed E-state index contributed by atoms with van der Waals surface area (Å²) in [5, 5.41) is 0. The van der Waals surface area contributed by atoms with Crippen molar-refractivity contribution in [1.82, 2.24) is 0 Å². The Kier molecular flexibility index (Phi) is 26.0. The standard InChI is InChI=1S/C20H40O3.Na.H/c1-3-4-5-6-7-8-9-10-11-12-13-14-15-16-17-22-18-19-23-20(2)21;;/h3-19H2,1-2H3;;. The molecule has 4 heteroatoms. The summed E-state index contributed by atoms with van der Waals surface area (Å²) in [6.45, 7) is 5.40. The predicted molar refractivity (Wildman–Crippen MR) is 105 cm³/mol. The van der Waals surface area contributed by atoms with Crippen LogP contribution in [0.4, 0.5) is 0 Å². The summed E-state index contributed by atoms with van der Waals surface area (Å²) in [5.74, 6) is -0.231. The molecule has 0 aromatic heterocycles. The fourth-order valence-corrected chi connectivity index (χ4v) is 2.75.